The van der Waals surface area contributed by atoms with Crippen LogP contribution >= 0.6 is 0 Å². The molecule has 2 saturated carbocycles. The predicted octanol–water partition coefficient (Wildman–Crippen LogP) is 10.5. The van der Waals surface area contributed by atoms with Crippen LogP contribution in [0.25, 0.3) is 0 Å². The summed E-state index contributed by atoms with van der Waals surface area (Å²) in [6.45, 7) is 6.22. The van der Waals surface area contributed by atoms with Gasteiger partial charge in [0.15, 0.2) is 0 Å². The zero-order chi connectivity index (χ0) is 26.4. The summed E-state index contributed by atoms with van der Waals surface area (Å²) in [5.41, 5.74) is 4.39. The van der Waals surface area contributed by atoms with Crippen molar-refractivity contribution in [1.82, 2.24) is 0 Å². The van der Waals surface area contributed by atoms with E-state index in [9.17, 15) is 0 Å². The fourth-order valence-corrected chi connectivity index (χ4v) is 6.70. The van der Waals surface area contributed by atoms with Gasteiger partial charge in [0.25, 0.3) is 0 Å². The molecule has 38 heavy (non-hydrogen) atoms. The summed E-state index contributed by atoms with van der Waals surface area (Å²) >= 11 is 0. The third kappa shape index (κ3) is 9.74. The molecule has 2 aromatic rings. The second kappa shape index (κ2) is 16.3. The quantitative estimate of drug-likeness (QED) is 0.218. The fourth-order valence-electron chi connectivity index (χ4n) is 6.70. The molecule has 210 valence electrons. The maximum Gasteiger partial charge on any atom is 0.119 e. The Labute approximate surface area is 233 Å². The van der Waals surface area contributed by atoms with Crippen LogP contribution in [0.3, 0.4) is 0 Å². The van der Waals surface area contributed by atoms with Crippen LogP contribution in [0, 0.1) is 12.8 Å². The first-order valence-electron chi connectivity index (χ1n) is 16.1. The molecule has 0 amide bonds. The Bertz CT molecular complexity index is 871. The van der Waals surface area contributed by atoms with Crippen LogP contribution in [0.1, 0.15) is 138 Å². The number of benzene rings is 2. The highest BCUT2D eigenvalue weighted by molar-refractivity contribution is 5.29. The molecule has 2 heteroatoms. The molecule has 2 aliphatic rings. The summed E-state index contributed by atoms with van der Waals surface area (Å²) in [7, 11) is 0. The van der Waals surface area contributed by atoms with Gasteiger partial charge in [0, 0.05) is 6.61 Å². The van der Waals surface area contributed by atoms with Gasteiger partial charge in [-0.05, 0) is 119 Å². The Hall–Kier alpha value is -1.80. The summed E-state index contributed by atoms with van der Waals surface area (Å²) in [6.07, 6.45) is 21.4. The predicted molar refractivity (Wildman–Crippen MR) is 161 cm³/mol. The highest BCUT2D eigenvalue weighted by Gasteiger charge is 2.23. The first-order valence-corrected chi connectivity index (χ1v) is 16.1. The van der Waals surface area contributed by atoms with Crippen molar-refractivity contribution in [2.75, 3.05) is 13.2 Å². The highest BCUT2D eigenvalue weighted by atomic mass is 16.5. The van der Waals surface area contributed by atoms with Gasteiger partial charge in [0.1, 0.15) is 5.75 Å². The number of hydrogen-bond acceptors (Lipinski definition) is 2. The van der Waals surface area contributed by atoms with Gasteiger partial charge in [-0.25, -0.2) is 0 Å². The molecule has 0 saturated heterocycles. The van der Waals surface area contributed by atoms with E-state index in [2.05, 4.69) is 62.4 Å². The molecule has 2 fully saturated rings. The molecule has 4 rings (SSSR count). The van der Waals surface area contributed by atoms with E-state index in [4.69, 9.17) is 9.47 Å². The molecule has 0 spiro atoms. The van der Waals surface area contributed by atoms with Gasteiger partial charge in [-0.2, -0.15) is 0 Å². The third-order valence-electron chi connectivity index (χ3n) is 9.30. The van der Waals surface area contributed by atoms with Crippen LogP contribution in [-0.2, 0) is 4.74 Å². The molecule has 0 atom stereocenters. The zero-order valence-electron chi connectivity index (χ0n) is 24.5. The standard InChI is InChI=1S/C36H54O2/c1-3-4-7-10-30-13-17-32(18-14-30)34-21-25-36(26-22-34)38-28-9-6-5-8-27-37-35-23-19-33(20-24-35)31-15-11-29(2)12-16-31/h11-12,15-16,21-22,25-26,30,32-33,35H,3-10,13-14,17-20,23-24,27-28H2,1-2H3. The van der Waals surface area contributed by atoms with E-state index < -0.39 is 0 Å². The normalized spacial score (nSPS) is 23.8. The van der Waals surface area contributed by atoms with Crippen LogP contribution in [-0.4, -0.2) is 19.3 Å². The lowest BCUT2D eigenvalue weighted by molar-refractivity contribution is 0.0225. The van der Waals surface area contributed by atoms with E-state index in [1.165, 1.54) is 113 Å². The van der Waals surface area contributed by atoms with Gasteiger partial charge in [0.05, 0.1) is 12.7 Å². The van der Waals surface area contributed by atoms with Crippen molar-refractivity contribution in [3.8, 4) is 5.75 Å². The van der Waals surface area contributed by atoms with E-state index in [0.717, 1.165) is 43.1 Å². The largest absolute Gasteiger partial charge is 0.494 e. The van der Waals surface area contributed by atoms with E-state index in [-0.39, 0.29) is 0 Å². The highest BCUT2D eigenvalue weighted by Crippen LogP contribution is 2.38. The molecule has 0 aliphatic heterocycles. The Kier molecular flexibility index (Phi) is 12.5. The van der Waals surface area contributed by atoms with Gasteiger partial charge in [-0.15, -0.1) is 0 Å². The molecule has 0 bridgehead atoms. The van der Waals surface area contributed by atoms with Gasteiger partial charge >= 0.3 is 0 Å². The molecule has 2 aliphatic carbocycles. The second-order valence-corrected chi connectivity index (χ2v) is 12.3. The van der Waals surface area contributed by atoms with Crippen molar-refractivity contribution in [1.29, 1.82) is 0 Å². The maximum absolute atomic E-state index is 6.22. The average Bonchev–Trinajstić information content (AvgIpc) is 2.96. The molecule has 0 N–H and O–H groups in total. The molecule has 0 aromatic heterocycles. The lowest BCUT2D eigenvalue weighted by Gasteiger charge is -2.29. The first kappa shape index (κ1) is 29.2. The summed E-state index contributed by atoms with van der Waals surface area (Å²) in [4.78, 5) is 0. The number of unbranched alkanes of at least 4 members (excludes halogenated alkanes) is 5. The summed E-state index contributed by atoms with van der Waals surface area (Å²) in [6, 6.07) is 18.2. The fraction of sp³-hybridized carbons (Fsp3) is 0.667. The van der Waals surface area contributed by atoms with Crippen LogP contribution in [0.5, 0.6) is 5.75 Å². The van der Waals surface area contributed by atoms with E-state index >= 15 is 0 Å². The summed E-state index contributed by atoms with van der Waals surface area (Å²) in [5, 5.41) is 0. The SMILES string of the molecule is CCCCCC1CCC(c2ccc(OCCCCCCOC3CCC(c4ccc(C)cc4)CC3)cc2)CC1. The Morgan fingerprint density at radius 1 is 0.605 bits per heavy atom. The van der Waals surface area contributed by atoms with Crippen LogP contribution in [0.4, 0.5) is 0 Å². The lowest BCUT2D eigenvalue weighted by atomic mass is 9.77. The smallest absolute Gasteiger partial charge is 0.119 e. The molecular formula is C36H54O2. The number of rotatable bonds is 15. The maximum atomic E-state index is 6.22. The third-order valence-corrected chi connectivity index (χ3v) is 9.30. The van der Waals surface area contributed by atoms with Crippen molar-refractivity contribution in [3.63, 3.8) is 0 Å². The van der Waals surface area contributed by atoms with E-state index in [1.807, 2.05) is 0 Å². The molecule has 2 aromatic carbocycles. The van der Waals surface area contributed by atoms with Crippen LogP contribution < -0.4 is 4.74 Å². The van der Waals surface area contributed by atoms with E-state index in [0.29, 0.717) is 6.10 Å². The summed E-state index contributed by atoms with van der Waals surface area (Å²) < 4.78 is 12.3. The summed E-state index contributed by atoms with van der Waals surface area (Å²) in [5.74, 6) is 3.51. The van der Waals surface area contributed by atoms with Crippen molar-refractivity contribution in [2.45, 2.75) is 135 Å². The van der Waals surface area contributed by atoms with Crippen molar-refractivity contribution >= 4 is 0 Å². The minimum absolute atomic E-state index is 0.476. The van der Waals surface area contributed by atoms with Crippen LogP contribution in [0.15, 0.2) is 48.5 Å². The van der Waals surface area contributed by atoms with Gasteiger partial charge in [0.2, 0.25) is 0 Å². The number of ether oxygens (including phenoxy) is 2. The van der Waals surface area contributed by atoms with E-state index in [1.54, 1.807) is 0 Å². The second-order valence-electron chi connectivity index (χ2n) is 12.3. The zero-order valence-corrected chi connectivity index (χ0v) is 24.5. The average molecular weight is 519 g/mol. The number of aryl methyl sites for hydroxylation is 1. The molecule has 0 unspecified atom stereocenters. The Morgan fingerprint density at radius 2 is 1.18 bits per heavy atom. The monoisotopic (exact) mass is 518 g/mol. The minimum Gasteiger partial charge on any atom is -0.494 e. The molecule has 2 nitrogen and oxygen atoms in total. The molecule has 0 heterocycles. The topological polar surface area (TPSA) is 18.5 Å². The van der Waals surface area contributed by atoms with Gasteiger partial charge < -0.3 is 9.47 Å². The minimum atomic E-state index is 0.476. The number of hydrogen-bond donors (Lipinski definition) is 0. The lowest BCUT2D eigenvalue weighted by Crippen LogP contribution is -2.21. The van der Waals surface area contributed by atoms with Crippen molar-refractivity contribution in [3.05, 3.63) is 65.2 Å². The van der Waals surface area contributed by atoms with Gasteiger partial charge in [-0.3, -0.25) is 0 Å². The molecule has 0 radical (unpaired) electrons. The van der Waals surface area contributed by atoms with Crippen molar-refractivity contribution in [2.24, 2.45) is 5.92 Å². The van der Waals surface area contributed by atoms with Crippen LogP contribution in [0.2, 0.25) is 0 Å². The first-order chi connectivity index (χ1) is 18.7. The van der Waals surface area contributed by atoms with Gasteiger partial charge in [-0.1, -0.05) is 81.0 Å². The Morgan fingerprint density at radius 3 is 1.82 bits per heavy atom. The Balaban J connectivity index is 0.996. The molecular weight excluding hydrogens is 464 g/mol. The van der Waals surface area contributed by atoms with Crippen molar-refractivity contribution < 1.29 is 9.47 Å².